The van der Waals surface area contributed by atoms with E-state index in [9.17, 15) is 0 Å². The molecule has 0 aliphatic heterocycles. The number of aryl methyl sites for hydroxylation is 3. The molecule has 2 aromatic rings. The van der Waals surface area contributed by atoms with Crippen LogP contribution in [0.5, 0.6) is 0 Å². The summed E-state index contributed by atoms with van der Waals surface area (Å²) < 4.78 is 4.33. The topological polar surface area (TPSA) is 22.8 Å². The Hall–Kier alpha value is -1.51. The summed E-state index contributed by atoms with van der Waals surface area (Å²) in [5.41, 5.74) is 2.68. The van der Waals surface area contributed by atoms with E-state index >= 15 is 0 Å². The molecule has 0 aliphatic carbocycles. The lowest BCUT2D eigenvalue weighted by Crippen LogP contribution is -2.06. The molecule has 80 valence electrons. The molecule has 0 N–H and O–H groups in total. The molecule has 0 saturated heterocycles. The van der Waals surface area contributed by atoms with E-state index in [2.05, 4.69) is 35.6 Å². The molecule has 0 aliphatic rings. The lowest BCUT2D eigenvalue weighted by atomic mass is 10.4. The quantitative estimate of drug-likeness (QED) is 0.748. The van der Waals surface area contributed by atoms with Crippen LogP contribution in [0, 0.1) is 13.8 Å². The molecule has 3 nitrogen and oxygen atoms in total. The highest BCUT2D eigenvalue weighted by Gasteiger charge is 2.00. The number of aromatic nitrogens is 3. The average Bonchev–Trinajstić information content (AvgIpc) is 2.82. The maximum Gasteiger partial charge on any atom is 0.0489 e. The average molecular weight is 203 g/mol. The van der Waals surface area contributed by atoms with Gasteiger partial charge in [0.15, 0.2) is 0 Å². The van der Waals surface area contributed by atoms with Crippen molar-refractivity contribution >= 4 is 0 Å². The Morgan fingerprint density at radius 3 is 2.47 bits per heavy atom. The molecule has 0 spiro atoms. The van der Waals surface area contributed by atoms with Gasteiger partial charge in [-0.3, -0.25) is 4.68 Å². The van der Waals surface area contributed by atoms with Crippen LogP contribution < -0.4 is 0 Å². The molecule has 0 saturated carbocycles. The third-order valence-corrected chi connectivity index (χ3v) is 2.75. The van der Waals surface area contributed by atoms with Gasteiger partial charge in [0.1, 0.15) is 0 Å². The molecule has 0 aromatic carbocycles. The summed E-state index contributed by atoms with van der Waals surface area (Å²) >= 11 is 0. The molecule has 0 unspecified atom stereocenters. The predicted octanol–water partition coefficient (Wildman–Crippen LogP) is 2.39. The van der Waals surface area contributed by atoms with Crippen molar-refractivity contribution in [2.24, 2.45) is 0 Å². The van der Waals surface area contributed by atoms with E-state index in [1.165, 1.54) is 11.4 Å². The van der Waals surface area contributed by atoms with Crippen molar-refractivity contribution in [3.05, 3.63) is 42.0 Å². The lowest BCUT2D eigenvalue weighted by Gasteiger charge is -2.08. The third kappa shape index (κ3) is 2.29. The standard InChI is InChI=1S/C12H17N3/c1-11-5-6-12(2)15(11)10-4-9-14-8-3-7-13-14/h3,5-8H,4,9-10H2,1-2H3. The first kappa shape index (κ1) is 10.0. The molecule has 0 fully saturated rings. The summed E-state index contributed by atoms with van der Waals surface area (Å²) in [6.07, 6.45) is 4.96. The summed E-state index contributed by atoms with van der Waals surface area (Å²) in [7, 11) is 0. The molecule has 2 heterocycles. The number of hydrogen-bond donors (Lipinski definition) is 0. The van der Waals surface area contributed by atoms with Crippen molar-refractivity contribution < 1.29 is 0 Å². The fourth-order valence-corrected chi connectivity index (χ4v) is 1.88. The lowest BCUT2D eigenvalue weighted by molar-refractivity contribution is 0.518. The van der Waals surface area contributed by atoms with Gasteiger partial charge in [-0.1, -0.05) is 0 Å². The number of nitrogens with zero attached hydrogens (tertiary/aromatic N) is 3. The Labute approximate surface area is 90.3 Å². The minimum atomic E-state index is 0.990. The molecule has 0 bridgehead atoms. The monoisotopic (exact) mass is 203 g/mol. The first-order valence-electron chi connectivity index (χ1n) is 5.37. The van der Waals surface area contributed by atoms with Gasteiger partial charge in [0, 0.05) is 36.9 Å². The van der Waals surface area contributed by atoms with Gasteiger partial charge in [-0.15, -0.1) is 0 Å². The number of hydrogen-bond acceptors (Lipinski definition) is 1. The van der Waals surface area contributed by atoms with Gasteiger partial charge in [-0.2, -0.15) is 5.10 Å². The van der Waals surface area contributed by atoms with Crippen LogP contribution in [0.1, 0.15) is 17.8 Å². The van der Waals surface area contributed by atoms with E-state index in [0.29, 0.717) is 0 Å². The van der Waals surface area contributed by atoms with Crippen molar-refractivity contribution in [2.75, 3.05) is 0 Å². The molecule has 2 aromatic heterocycles. The highest BCUT2D eigenvalue weighted by molar-refractivity contribution is 5.13. The van der Waals surface area contributed by atoms with Gasteiger partial charge in [0.2, 0.25) is 0 Å². The second-order valence-electron chi connectivity index (χ2n) is 3.89. The van der Waals surface area contributed by atoms with Crippen LogP contribution in [-0.2, 0) is 13.1 Å². The number of rotatable bonds is 4. The van der Waals surface area contributed by atoms with Gasteiger partial charge in [-0.25, -0.2) is 0 Å². The van der Waals surface area contributed by atoms with Gasteiger partial charge < -0.3 is 4.57 Å². The highest BCUT2D eigenvalue weighted by Crippen LogP contribution is 2.08. The second kappa shape index (κ2) is 4.34. The van der Waals surface area contributed by atoms with E-state index in [4.69, 9.17) is 0 Å². The normalized spacial score (nSPS) is 10.8. The van der Waals surface area contributed by atoms with Crippen LogP contribution in [-0.4, -0.2) is 14.3 Å². The molecular weight excluding hydrogens is 186 g/mol. The zero-order valence-corrected chi connectivity index (χ0v) is 9.35. The SMILES string of the molecule is Cc1ccc(C)n1CCCn1cccn1. The molecule has 0 amide bonds. The van der Waals surface area contributed by atoms with Crippen molar-refractivity contribution in [3.8, 4) is 0 Å². The Balaban J connectivity index is 1.89. The molecule has 0 atom stereocenters. The molecule has 3 heteroatoms. The second-order valence-corrected chi connectivity index (χ2v) is 3.89. The summed E-state index contributed by atoms with van der Waals surface area (Å²) in [6.45, 7) is 6.37. The van der Waals surface area contributed by atoms with Crippen LogP contribution in [0.2, 0.25) is 0 Å². The Kier molecular flexibility index (Phi) is 2.90. The maximum atomic E-state index is 4.19. The molecule has 15 heavy (non-hydrogen) atoms. The first-order chi connectivity index (χ1) is 7.27. The van der Waals surface area contributed by atoms with Crippen molar-refractivity contribution in [3.63, 3.8) is 0 Å². The zero-order chi connectivity index (χ0) is 10.7. The molecule has 2 rings (SSSR count). The van der Waals surface area contributed by atoms with E-state index in [0.717, 1.165) is 19.5 Å². The molecule has 0 radical (unpaired) electrons. The summed E-state index contributed by atoms with van der Waals surface area (Å²) in [5, 5.41) is 4.19. The van der Waals surface area contributed by atoms with E-state index in [1.54, 1.807) is 0 Å². The van der Waals surface area contributed by atoms with Crippen molar-refractivity contribution in [1.29, 1.82) is 0 Å². The zero-order valence-electron chi connectivity index (χ0n) is 9.35. The van der Waals surface area contributed by atoms with Crippen LogP contribution in [0.25, 0.3) is 0 Å². The van der Waals surface area contributed by atoms with E-state index in [-0.39, 0.29) is 0 Å². The van der Waals surface area contributed by atoms with Gasteiger partial charge in [0.05, 0.1) is 0 Å². The van der Waals surface area contributed by atoms with Gasteiger partial charge >= 0.3 is 0 Å². The summed E-state index contributed by atoms with van der Waals surface area (Å²) in [4.78, 5) is 0. The molecular formula is C12H17N3. The van der Waals surface area contributed by atoms with Crippen LogP contribution in [0.15, 0.2) is 30.6 Å². The van der Waals surface area contributed by atoms with Crippen molar-refractivity contribution in [2.45, 2.75) is 33.4 Å². The smallest absolute Gasteiger partial charge is 0.0489 e. The van der Waals surface area contributed by atoms with Crippen LogP contribution in [0.3, 0.4) is 0 Å². The largest absolute Gasteiger partial charge is 0.349 e. The van der Waals surface area contributed by atoms with E-state index < -0.39 is 0 Å². The maximum absolute atomic E-state index is 4.19. The minimum Gasteiger partial charge on any atom is -0.349 e. The Bertz CT molecular complexity index is 393. The summed E-state index contributed by atoms with van der Waals surface area (Å²) in [5.74, 6) is 0. The first-order valence-corrected chi connectivity index (χ1v) is 5.37. The Morgan fingerprint density at radius 1 is 1.13 bits per heavy atom. The van der Waals surface area contributed by atoms with Gasteiger partial charge in [0.25, 0.3) is 0 Å². The van der Waals surface area contributed by atoms with Crippen molar-refractivity contribution in [1.82, 2.24) is 14.3 Å². The van der Waals surface area contributed by atoms with Gasteiger partial charge in [-0.05, 0) is 38.5 Å². The van der Waals surface area contributed by atoms with E-state index in [1.807, 2.05) is 23.1 Å². The fourth-order valence-electron chi connectivity index (χ4n) is 1.88. The predicted molar refractivity (Wildman–Crippen MR) is 60.8 cm³/mol. The highest BCUT2D eigenvalue weighted by atomic mass is 15.3. The minimum absolute atomic E-state index is 0.990. The third-order valence-electron chi connectivity index (χ3n) is 2.75. The van der Waals surface area contributed by atoms with Crippen LogP contribution in [0.4, 0.5) is 0 Å². The van der Waals surface area contributed by atoms with Crippen LogP contribution >= 0.6 is 0 Å². The fraction of sp³-hybridized carbons (Fsp3) is 0.417. The Morgan fingerprint density at radius 2 is 1.87 bits per heavy atom. The summed E-state index contributed by atoms with van der Waals surface area (Å²) in [6, 6.07) is 6.30.